The highest BCUT2D eigenvalue weighted by atomic mass is 16.3. The Morgan fingerprint density at radius 1 is 0.596 bits per heavy atom. The zero-order valence-corrected chi connectivity index (χ0v) is 35.7. The number of rotatable bonds is 15. The van der Waals surface area contributed by atoms with Gasteiger partial charge in [-0.25, -0.2) is 0 Å². The Labute approximate surface area is 344 Å². The molecule has 2 unspecified atom stereocenters. The molecular formula is C49H74N6O2+2. The van der Waals surface area contributed by atoms with E-state index in [-0.39, 0.29) is 12.1 Å². The Hall–Kier alpha value is -3.68. The number of unbranched alkanes of at least 4 members (excludes halogenated alkanes) is 3. The Bertz CT molecular complexity index is 1780. The molecule has 8 heteroatoms. The van der Waals surface area contributed by atoms with Crippen molar-refractivity contribution in [2.75, 3.05) is 52.4 Å². The third-order valence-corrected chi connectivity index (χ3v) is 13.6. The van der Waals surface area contributed by atoms with Gasteiger partial charge in [-0.2, -0.15) is 0 Å². The number of phenolic OH excluding ortho intramolecular Hbond substituents is 2. The number of hydrogen-bond acceptors (Lipinski definition) is 6. The van der Waals surface area contributed by atoms with E-state index in [1.54, 1.807) is 11.7 Å². The van der Waals surface area contributed by atoms with Crippen LogP contribution in [0, 0.1) is 13.8 Å². The molecule has 0 bridgehead atoms. The summed E-state index contributed by atoms with van der Waals surface area (Å²) >= 11 is 0. The summed E-state index contributed by atoms with van der Waals surface area (Å²) in [6, 6.07) is 8.67. The number of aliphatic imine (C=N–C) groups is 2. The summed E-state index contributed by atoms with van der Waals surface area (Å²) in [7, 11) is 0. The first-order valence-corrected chi connectivity index (χ1v) is 23.4. The van der Waals surface area contributed by atoms with Crippen LogP contribution < -0.4 is 0 Å². The maximum absolute atomic E-state index is 11.8. The van der Waals surface area contributed by atoms with Crippen LogP contribution in [0.3, 0.4) is 0 Å². The fraction of sp³-hybridized carbons (Fsp3) is 0.673. The second-order valence-electron chi connectivity index (χ2n) is 18.1. The lowest BCUT2D eigenvalue weighted by Gasteiger charge is -2.26. The lowest BCUT2D eigenvalue weighted by Crippen LogP contribution is -2.44. The first-order valence-electron chi connectivity index (χ1n) is 23.4. The third kappa shape index (κ3) is 11.3. The van der Waals surface area contributed by atoms with Gasteiger partial charge in [0.25, 0.3) is 0 Å². The van der Waals surface area contributed by atoms with Crippen LogP contribution in [-0.2, 0) is 12.8 Å². The molecule has 2 atom stereocenters. The molecule has 57 heavy (non-hydrogen) atoms. The van der Waals surface area contributed by atoms with Gasteiger partial charge in [0.15, 0.2) is 0 Å². The van der Waals surface area contributed by atoms with Gasteiger partial charge in [-0.05, 0) is 145 Å². The minimum Gasteiger partial charge on any atom is -0.507 e. The Balaban J connectivity index is 1.01. The van der Waals surface area contributed by atoms with Crippen molar-refractivity contribution in [3.63, 3.8) is 0 Å². The highest BCUT2D eigenvalue weighted by molar-refractivity contribution is 5.86. The van der Waals surface area contributed by atoms with E-state index < -0.39 is 0 Å². The lowest BCUT2D eigenvalue weighted by atomic mass is 9.91. The number of aryl methyl sites for hydroxylation is 4. The molecule has 0 spiro atoms. The fourth-order valence-corrected chi connectivity index (χ4v) is 10.5. The second kappa shape index (κ2) is 20.8. The number of nitrogens with zero attached hydrogens (tertiary/aromatic N) is 6. The lowest BCUT2D eigenvalue weighted by molar-refractivity contribution is -0.539. The van der Waals surface area contributed by atoms with Crippen molar-refractivity contribution in [2.45, 2.75) is 161 Å². The van der Waals surface area contributed by atoms with Gasteiger partial charge in [-0.3, -0.25) is 28.9 Å². The minimum atomic E-state index is 0.0668. The van der Waals surface area contributed by atoms with E-state index in [9.17, 15) is 10.2 Å². The number of phenols is 2. The van der Waals surface area contributed by atoms with E-state index in [4.69, 9.17) is 9.98 Å². The van der Waals surface area contributed by atoms with Crippen molar-refractivity contribution in [3.05, 3.63) is 57.6 Å². The van der Waals surface area contributed by atoms with E-state index in [1.807, 2.05) is 31.5 Å². The summed E-state index contributed by atoms with van der Waals surface area (Å²) in [6.45, 7) is 13.7. The molecule has 0 amide bonds. The zero-order valence-electron chi connectivity index (χ0n) is 35.7. The summed E-state index contributed by atoms with van der Waals surface area (Å²) in [5.74, 6) is 3.96. The Kier molecular flexibility index (Phi) is 15.2. The molecule has 0 saturated heterocycles. The molecular weight excluding hydrogens is 705 g/mol. The molecule has 0 radical (unpaired) electrons. The number of hydrogen-bond donors (Lipinski definition) is 2. The molecule has 0 aromatic heterocycles. The van der Waals surface area contributed by atoms with Crippen LogP contribution in [0.15, 0.2) is 34.3 Å². The molecule has 8 nitrogen and oxygen atoms in total. The number of aromatic hydroxyl groups is 2. The summed E-state index contributed by atoms with van der Waals surface area (Å²) in [5, 5.41) is 22.5. The largest absolute Gasteiger partial charge is 0.507 e. The van der Waals surface area contributed by atoms with Gasteiger partial charge in [-0.1, -0.05) is 25.0 Å². The second-order valence-corrected chi connectivity index (χ2v) is 18.1. The van der Waals surface area contributed by atoms with Gasteiger partial charge in [-0.15, -0.1) is 0 Å². The average Bonchev–Trinajstić information content (AvgIpc) is 3.63. The monoisotopic (exact) mass is 779 g/mol. The highest BCUT2D eigenvalue weighted by Gasteiger charge is 2.29. The van der Waals surface area contributed by atoms with Crippen LogP contribution in [0.25, 0.3) is 0 Å². The number of amidine groups is 2. The van der Waals surface area contributed by atoms with Crippen molar-refractivity contribution in [1.82, 2.24) is 9.80 Å². The van der Waals surface area contributed by atoms with Crippen LogP contribution in [0.5, 0.6) is 11.5 Å². The first kappa shape index (κ1) is 41.5. The molecule has 4 aliphatic heterocycles. The molecule has 7 rings (SSSR count). The van der Waals surface area contributed by atoms with Crippen molar-refractivity contribution in [2.24, 2.45) is 9.98 Å². The van der Waals surface area contributed by atoms with E-state index >= 15 is 0 Å². The van der Waals surface area contributed by atoms with Crippen molar-refractivity contribution in [1.29, 1.82) is 0 Å². The predicted molar refractivity (Wildman–Crippen MR) is 237 cm³/mol. The van der Waals surface area contributed by atoms with Gasteiger partial charge in [0.1, 0.15) is 11.5 Å². The zero-order chi connectivity index (χ0) is 39.4. The SMILES string of the molecule is Cc1cc(C)c(O)c(C=NC2CCCCC2N=Cc2cc(CCCCCN3CCC[N+]4=C3CCCCC4)cc(CCCCN3CCC[N+]4=C3CCCCC4)c2O)c1. The van der Waals surface area contributed by atoms with Gasteiger partial charge in [0.2, 0.25) is 11.7 Å². The van der Waals surface area contributed by atoms with E-state index in [2.05, 4.69) is 38.0 Å². The normalized spacial score (nSPS) is 22.3. The van der Waals surface area contributed by atoms with Gasteiger partial charge in [0, 0.05) is 49.2 Å². The van der Waals surface area contributed by atoms with Crippen molar-refractivity contribution >= 4 is 24.1 Å². The van der Waals surface area contributed by atoms with Crippen LogP contribution in [0.2, 0.25) is 0 Å². The molecule has 4 heterocycles. The van der Waals surface area contributed by atoms with E-state index in [0.717, 1.165) is 85.7 Å². The highest BCUT2D eigenvalue weighted by Crippen LogP contribution is 2.30. The molecule has 2 N–H and O–H groups in total. The maximum Gasteiger partial charge on any atom is 0.246 e. The summed E-state index contributed by atoms with van der Waals surface area (Å²) in [6.07, 6.45) is 29.0. The fourth-order valence-electron chi connectivity index (χ4n) is 10.5. The van der Waals surface area contributed by atoms with Crippen molar-refractivity contribution < 1.29 is 19.4 Å². The third-order valence-electron chi connectivity index (χ3n) is 13.6. The topological polar surface area (TPSA) is 77.7 Å². The molecule has 1 aliphatic carbocycles. The van der Waals surface area contributed by atoms with Crippen molar-refractivity contribution in [3.8, 4) is 11.5 Å². The van der Waals surface area contributed by atoms with Gasteiger partial charge >= 0.3 is 0 Å². The summed E-state index contributed by atoms with van der Waals surface area (Å²) < 4.78 is 5.36. The molecule has 2 aromatic rings. The summed E-state index contributed by atoms with van der Waals surface area (Å²) in [4.78, 5) is 15.6. The quantitative estimate of drug-likeness (QED) is 0.108. The average molecular weight is 779 g/mol. The summed E-state index contributed by atoms with van der Waals surface area (Å²) in [5.41, 5.74) is 6.06. The van der Waals surface area contributed by atoms with E-state index in [0.29, 0.717) is 11.5 Å². The van der Waals surface area contributed by atoms with Crippen LogP contribution >= 0.6 is 0 Å². The minimum absolute atomic E-state index is 0.0668. The smallest absolute Gasteiger partial charge is 0.246 e. The Morgan fingerprint density at radius 3 is 1.79 bits per heavy atom. The Morgan fingerprint density at radius 2 is 1.16 bits per heavy atom. The first-order chi connectivity index (χ1) is 27.9. The number of benzene rings is 2. The molecule has 1 fully saturated rings. The molecule has 2 aromatic carbocycles. The standard InChI is InChI=1S/C49H72N6O2/c1-38-32-39(2)48(56)42(33-38)36-50-44-20-9-10-21-45(44)51-37-43-35-40(18-6-3-12-24-52-28-16-29-53-25-13-4-7-22-46(52)53)34-41(49(43)57)19-11-15-27-55-31-17-30-54-26-14-5-8-23-47(54)55/h32-37,44-45H,3-31H2,1-2H3/p+2. The van der Waals surface area contributed by atoms with Crippen LogP contribution in [-0.4, -0.2) is 118 Å². The molecule has 1 saturated carbocycles. The predicted octanol–water partition coefficient (Wildman–Crippen LogP) is 8.98. The van der Waals surface area contributed by atoms with Gasteiger partial charge in [0.05, 0.1) is 64.4 Å². The van der Waals surface area contributed by atoms with Gasteiger partial charge < -0.3 is 10.2 Å². The van der Waals surface area contributed by atoms with Crippen LogP contribution in [0.4, 0.5) is 0 Å². The molecule has 5 aliphatic rings. The van der Waals surface area contributed by atoms with E-state index in [1.165, 1.54) is 135 Å². The molecule has 310 valence electrons. The van der Waals surface area contributed by atoms with Crippen LogP contribution in [0.1, 0.15) is 155 Å². The maximum atomic E-state index is 11.8.